The SMILES string of the molecule is Cn1ccnc(N2C3CCC2CC(=C2CCC2)C3)c1=O. The average Bonchev–Trinajstić information content (AvgIpc) is 2.63. The first-order valence-electron chi connectivity index (χ1n) is 7.74. The molecule has 1 aliphatic carbocycles. The summed E-state index contributed by atoms with van der Waals surface area (Å²) in [6.07, 6.45) is 12.2. The van der Waals surface area contributed by atoms with E-state index in [1.54, 1.807) is 35.2 Å². The van der Waals surface area contributed by atoms with Crippen LogP contribution in [-0.4, -0.2) is 21.6 Å². The lowest BCUT2D eigenvalue weighted by atomic mass is 9.82. The molecule has 0 aromatic carbocycles. The van der Waals surface area contributed by atoms with E-state index in [4.69, 9.17) is 0 Å². The molecule has 1 saturated carbocycles. The van der Waals surface area contributed by atoms with Crippen molar-refractivity contribution in [2.75, 3.05) is 4.90 Å². The molecule has 1 aromatic rings. The predicted molar refractivity (Wildman–Crippen MR) is 78.9 cm³/mol. The van der Waals surface area contributed by atoms with E-state index in [-0.39, 0.29) is 5.56 Å². The highest BCUT2D eigenvalue weighted by Crippen LogP contribution is 2.43. The molecule has 20 heavy (non-hydrogen) atoms. The fourth-order valence-corrected chi connectivity index (χ4v) is 4.02. The predicted octanol–water partition coefficient (Wildman–Crippen LogP) is 2.39. The molecule has 2 saturated heterocycles. The third-order valence-electron chi connectivity index (χ3n) is 5.28. The monoisotopic (exact) mass is 271 g/mol. The quantitative estimate of drug-likeness (QED) is 0.736. The van der Waals surface area contributed by atoms with Crippen LogP contribution in [0, 0.1) is 0 Å². The third kappa shape index (κ3) is 1.74. The topological polar surface area (TPSA) is 38.1 Å². The number of piperidine rings is 1. The second-order valence-corrected chi connectivity index (χ2v) is 6.43. The molecule has 0 N–H and O–H groups in total. The van der Waals surface area contributed by atoms with Gasteiger partial charge in [-0.1, -0.05) is 11.1 Å². The van der Waals surface area contributed by atoms with Gasteiger partial charge < -0.3 is 9.47 Å². The van der Waals surface area contributed by atoms with Crippen LogP contribution in [0.25, 0.3) is 0 Å². The van der Waals surface area contributed by atoms with Crippen LogP contribution in [0.3, 0.4) is 0 Å². The van der Waals surface area contributed by atoms with Crippen LogP contribution < -0.4 is 10.5 Å². The van der Waals surface area contributed by atoms with Crippen LogP contribution >= 0.6 is 0 Å². The summed E-state index contributed by atoms with van der Waals surface area (Å²) in [5, 5.41) is 0. The maximum Gasteiger partial charge on any atom is 0.293 e. The Morgan fingerprint density at radius 2 is 1.85 bits per heavy atom. The lowest BCUT2D eigenvalue weighted by molar-refractivity contribution is 0.515. The molecule has 4 nitrogen and oxygen atoms in total. The second kappa shape index (κ2) is 4.47. The summed E-state index contributed by atoms with van der Waals surface area (Å²) < 4.78 is 1.64. The Morgan fingerprint density at radius 3 is 2.45 bits per heavy atom. The van der Waals surface area contributed by atoms with E-state index >= 15 is 0 Å². The number of hydrogen-bond acceptors (Lipinski definition) is 3. The number of anilines is 1. The number of aromatic nitrogens is 2. The fourth-order valence-electron chi connectivity index (χ4n) is 4.02. The maximum absolute atomic E-state index is 12.3. The molecule has 0 spiro atoms. The van der Waals surface area contributed by atoms with Crippen LogP contribution in [0.2, 0.25) is 0 Å². The van der Waals surface area contributed by atoms with E-state index < -0.39 is 0 Å². The van der Waals surface area contributed by atoms with Gasteiger partial charge in [-0.25, -0.2) is 4.98 Å². The van der Waals surface area contributed by atoms with Crippen molar-refractivity contribution >= 4 is 5.82 Å². The standard InChI is InChI=1S/C16H21N3O/c1-18-8-7-17-15(16(18)20)19-13-5-6-14(19)10-12(9-13)11-3-2-4-11/h7-8,13-14H,2-6,9-10H2,1H3. The zero-order chi connectivity index (χ0) is 13.7. The van der Waals surface area contributed by atoms with Crippen molar-refractivity contribution in [2.45, 2.75) is 57.0 Å². The number of fused-ring (bicyclic) bond motifs is 2. The van der Waals surface area contributed by atoms with E-state index in [1.165, 1.54) is 32.1 Å². The van der Waals surface area contributed by atoms with Crippen molar-refractivity contribution in [3.8, 4) is 0 Å². The first-order valence-corrected chi connectivity index (χ1v) is 7.74. The van der Waals surface area contributed by atoms with E-state index in [9.17, 15) is 4.79 Å². The molecule has 0 radical (unpaired) electrons. The highest BCUT2D eigenvalue weighted by atomic mass is 16.1. The van der Waals surface area contributed by atoms with Gasteiger partial charge in [0, 0.05) is 31.5 Å². The lowest BCUT2D eigenvalue weighted by Crippen LogP contribution is -2.45. The average molecular weight is 271 g/mol. The smallest absolute Gasteiger partial charge is 0.293 e. The Bertz CT molecular complexity index is 609. The van der Waals surface area contributed by atoms with Crippen LogP contribution in [0.4, 0.5) is 5.82 Å². The molecule has 3 fully saturated rings. The van der Waals surface area contributed by atoms with E-state index in [0.717, 1.165) is 12.8 Å². The van der Waals surface area contributed by atoms with Gasteiger partial charge in [0.05, 0.1) is 0 Å². The molecule has 4 rings (SSSR count). The number of rotatable bonds is 1. The molecule has 2 unspecified atom stereocenters. The third-order valence-corrected chi connectivity index (χ3v) is 5.28. The number of hydrogen-bond donors (Lipinski definition) is 0. The Labute approximate surface area is 119 Å². The molecule has 0 amide bonds. The van der Waals surface area contributed by atoms with Gasteiger partial charge in [0.15, 0.2) is 5.82 Å². The van der Waals surface area contributed by atoms with Gasteiger partial charge >= 0.3 is 0 Å². The summed E-state index contributed by atoms with van der Waals surface area (Å²) in [6, 6.07) is 0.999. The summed E-state index contributed by atoms with van der Waals surface area (Å²) in [5.41, 5.74) is 3.47. The lowest BCUT2D eigenvalue weighted by Gasteiger charge is -2.38. The minimum atomic E-state index is 0.0455. The molecule has 2 bridgehead atoms. The minimum Gasteiger partial charge on any atom is -0.345 e. The largest absolute Gasteiger partial charge is 0.345 e. The molecule has 3 heterocycles. The first-order chi connectivity index (χ1) is 9.74. The Kier molecular flexibility index (Phi) is 2.72. The van der Waals surface area contributed by atoms with Crippen molar-refractivity contribution in [2.24, 2.45) is 7.05 Å². The minimum absolute atomic E-state index is 0.0455. The van der Waals surface area contributed by atoms with Crippen molar-refractivity contribution in [1.82, 2.24) is 9.55 Å². The van der Waals surface area contributed by atoms with Gasteiger partial charge in [0.2, 0.25) is 0 Å². The number of allylic oxidation sites excluding steroid dienone is 1. The van der Waals surface area contributed by atoms with Crippen molar-refractivity contribution in [3.63, 3.8) is 0 Å². The van der Waals surface area contributed by atoms with Crippen LogP contribution in [0.5, 0.6) is 0 Å². The van der Waals surface area contributed by atoms with Gasteiger partial charge in [-0.05, 0) is 44.9 Å². The molecular weight excluding hydrogens is 250 g/mol. The zero-order valence-electron chi connectivity index (χ0n) is 12.0. The van der Waals surface area contributed by atoms with Crippen molar-refractivity contribution in [3.05, 3.63) is 33.9 Å². The normalized spacial score (nSPS) is 28.8. The van der Waals surface area contributed by atoms with Crippen LogP contribution in [-0.2, 0) is 7.05 Å². The highest BCUT2D eigenvalue weighted by molar-refractivity contribution is 5.45. The summed E-state index contributed by atoms with van der Waals surface area (Å²) >= 11 is 0. The Hall–Kier alpha value is -1.58. The summed E-state index contributed by atoms with van der Waals surface area (Å²) in [6.45, 7) is 0. The van der Waals surface area contributed by atoms with Crippen LogP contribution in [0.15, 0.2) is 28.3 Å². The van der Waals surface area contributed by atoms with Crippen LogP contribution in [0.1, 0.15) is 44.9 Å². The molecule has 2 atom stereocenters. The molecule has 3 aliphatic rings. The van der Waals surface area contributed by atoms with E-state index in [2.05, 4.69) is 9.88 Å². The summed E-state index contributed by atoms with van der Waals surface area (Å²) in [7, 11) is 1.81. The summed E-state index contributed by atoms with van der Waals surface area (Å²) in [5.74, 6) is 0.667. The van der Waals surface area contributed by atoms with Gasteiger partial charge in [-0.3, -0.25) is 4.79 Å². The molecular formula is C16H21N3O. The Morgan fingerprint density at radius 1 is 1.15 bits per heavy atom. The van der Waals surface area contributed by atoms with Gasteiger partial charge in [-0.2, -0.15) is 0 Å². The van der Waals surface area contributed by atoms with E-state index in [1.807, 2.05) is 0 Å². The van der Waals surface area contributed by atoms with Gasteiger partial charge in [0.25, 0.3) is 5.56 Å². The molecule has 4 heteroatoms. The fraction of sp³-hybridized carbons (Fsp3) is 0.625. The summed E-state index contributed by atoms with van der Waals surface area (Å²) in [4.78, 5) is 19.0. The molecule has 2 aliphatic heterocycles. The number of aryl methyl sites for hydroxylation is 1. The molecule has 1 aromatic heterocycles. The number of nitrogens with zero attached hydrogens (tertiary/aromatic N) is 3. The highest BCUT2D eigenvalue weighted by Gasteiger charge is 2.41. The van der Waals surface area contributed by atoms with Crippen molar-refractivity contribution < 1.29 is 0 Å². The molecule has 106 valence electrons. The zero-order valence-corrected chi connectivity index (χ0v) is 12.0. The maximum atomic E-state index is 12.3. The van der Waals surface area contributed by atoms with E-state index in [0.29, 0.717) is 17.9 Å². The van der Waals surface area contributed by atoms with Gasteiger partial charge in [-0.15, -0.1) is 0 Å². The van der Waals surface area contributed by atoms with Crippen molar-refractivity contribution in [1.29, 1.82) is 0 Å². The Balaban J connectivity index is 1.68. The first kappa shape index (κ1) is 12.2. The van der Waals surface area contributed by atoms with Gasteiger partial charge in [0.1, 0.15) is 0 Å². The second-order valence-electron chi connectivity index (χ2n) is 6.43.